The molecule has 90 valence electrons. The van der Waals surface area contributed by atoms with E-state index >= 15 is 0 Å². The minimum atomic E-state index is -0.901. The molecule has 0 saturated carbocycles. The van der Waals surface area contributed by atoms with Gasteiger partial charge in [-0.25, -0.2) is 13.2 Å². The minimum Gasteiger partial charge on any atom is -0.305 e. The first-order valence-corrected chi connectivity index (χ1v) is 5.13. The normalized spacial score (nSPS) is 13.9. The fraction of sp³-hybridized carbons (Fsp3) is 0.500. The lowest BCUT2D eigenvalue weighted by Gasteiger charge is -2.26. The summed E-state index contributed by atoms with van der Waals surface area (Å²) < 4.78 is 39.5. The molecule has 0 spiro atoms. The van der Waals surface area contributed by atoms with Gasteiger partial charge >= 0.3 is 0 Å². The Hall–Kier alpha value is -1.03. The molecule has 1 nitrogen and oxygen atoms in total. The Morgan fingerprint density at radius 3 is 1.88 bits per heavy atom. The van der Waals surface area contributed by atoms with Crippen molar-refractivity contribution in [3.63, 3.8) is 0 Å². The monoisotopic (exact) mass is 231 g/mol. The third kappa shape index (κ3) is 3.23. The SMILES string of the molecule is CC(NC(C)(C)C)c1c(F)cc(F)cc1F. The van der Waals surface area contributed by atoms with Crippen LogP contribution in [0.1, 0.15) is 39.3 Å². The summed E-state index contributed by atoms with van der Waals surface area (Å²) >= 11 is 0. The number of rotatable bonds is 2. The fourth-order valence-corrected chi connectivity index (χ4v) is 1.69. The lowest BCUT2D eigenvalue weighted by molar-refractivity contribution is 0.362. The zero-order valence-corrected chi connectivity index (χ0v) is 9.87. The van der Waals surface area contributed by atoms with Crippen LogP contribution in [0.15, 0.2) is 12.1 Å². The van der Waals surface area contributed by atoms with E-state index in [1.165, 1.54) is 0 Å². The second-order valence-electron chi connectivity index (χ2n) is 4.90. The third-order valence-electron chi connectivity index (χ3n) is 2.13. The van der Waals surface area contributed by atoms with Crippen molar-refractivity contribution in [2.24, 2.45) is 0 Å². The molecule has 0 aliphatic heterocycles. The highest BCUT2D eigenvalue weighted by atomic mass is 19.1. The van der Waals surface area contributed by atoms with Crippen molar-refractivity contribution in [1.82, 2.24) is 5.32 Å². The molecule has 1 unspecified atom stereocenters. The molecule has 0 aromatic heterocycles. The molecule has 1 aromatic rings. The molecule has 1 atom stereocenters. The van der Waals surface area contributed by atoms with E-state index < -0.39 is 23.5 Å². The number of halogens is 3. The molecule has 0 aliphatic rings. The summed E-state index contributed by atoms with van der Waals surface area (Å²) in [5, 5.41) is 3.03. The molecule has 1 N–H and O–H groups in total. The first kappa shape index (κ1) is 13.0. The van der Waals surface area contributed by atoms with Crippen molar-refractivity contribution in [3.8, 4) is 0 Å². The van der Waals surface area contributed by atoms with Crippen LogP contribution in [0, 0.1) is 17.5 Å². The zero-order chi connectivity index (χ0) is 12.5. The maximum absolute atomic E-state index is 13.4. The zero-order valence-electron chi connectivity index (χ0n) is 9.87. The average Bonchev–Trinajstić information content (AvgIpc) is 1.96. The molecule has 0 heterocycles. The third-order valence-corrected chi connectivity index (χ3v) is 2.13. The van der Waals surface area contributed by atoms with Gasteiger partial charge in [0, 0.05) is 29.3 Å². The van der Waals surface area contributed by atoms with Crippen molar-refractivity contribution < 1.29 is 13.2 Å². The van der Waals surface area contributed by atoms with Gasteiger partial charge < -0.3 is 5.32 Å². The van der Waals surface area contributed by atoms with E-state index in [1.54, 1.807) is 6.92 Å². The standard InChI is InChI=1S/C12H16F3N/c1-7(16-12(2,3)4)11-9(14)5-8(13)6-10(11)15/h5-7,16H,1-4H3. The molecule has 0 fully saturated rings. The molecule has 0 amide bonds. The van der Waals surface area contributed by atoms with Gasteiger partial charge in [-0.15, -0.1) is 0 Å². The van der Waals surface area contributed by atoms with Crippen LogP contribution in [-0.2, 0) is 0 Å². The predicted octanol–water partition coefficient (Wildman–Crippen LogP) is 3.55. The van der Waals surface area contributed by atoms with Crippen LogP contribution >= 0.6 is 0 Å². The van der Waals surface area contributed by atoms with E-state index in [9.17, 15) is 13.2 Å². The lowest BCUT2D eigenvalue weighted by atomic mass is 10.0. The molecule has 1 rings (SSSR count). The molecule has 0 radical (unpaired) electrons. The smallest absolute Gasteiger partial charge is 0.133 e. The lowest BCUT2D eigenvalue weighted by Crippen LogP contribution is -2.38. The number of hydrogen-bond acceptors (Lipinski definition) is 1. The van der Waals surface area contributed by atoms with E-state index in [0.717, 1.165) is 0 Å². The van der Waals surface area contributed by atoms with Crippen LogP contribution < -0.4 is 5.32 Å². The van der Waals surface area contributed by atoms with Crippen LogP contribution in [0.25, 0.3) is 0 Å². The van der Waals surface area contributed by atoms with Gasteiger partial charge in [-0.2, -0.15) is 0 Å². The van der Waals surface area contributed by atoms with E-state index in [0.29, 0.717) is 12.1 Å². The fourth-order valence-electron chi connectivity index (χ4n) is 1.69. The van der Waals surface area contributed by atoms with Crippen LogP contribution in [0.4, 0.5) is 13.2 Å². The maximum Gasteiger partial charge on any atom is 0.133 e. The van der Waals surface area contributed by atoms with Crippen molar-refractivity contribution in [1.29, 1.82) is 0 Å². The van der Waals surface area contributed by atoms with Crippen molar-refractivity contribution >= 4 is 0 Å². The Labute approximate surface area is 93.7 Å². The van der Waals surface area contributed by atoms with E-state index in [-0.39, 0.29) is 11.1 Å². The number of hydrogen-bond donors (Lipinski definition) is 1. The first-order chi connectivity index (χ1) is 7.20. The van der Waals surface area contributed by atoms with Crippen LogP contribution in [0.3, 0.4) is 0 Å². The molecule has 4 heteroatoms. The van der Waals surface area contributed by atoms with Gasteiger partial charge in [-0.3, -0.25) is 0 Å². The van der Waals surface area contributed by atoms with Crippen molar-refractivity contribution in [2.75, 3.05) is 0 Å². The Balaban J connectivity index is 3.04. The second kappa shape index (κ2) is 4.45. The Morgan fingerprint density at radius 2 is 1.50 bits per heavy atom. The summed E-state index contributed by atoms with van der Waals surface area (Å²) in [6.07, 6.45) is 0. The predicted molar refractivity (Wildman–Crippen MR) is 57.6 cm³/mol. The van der Waals surface area contributed by atoms with E-state index in [1.807, 2.05) is 20.8 Å². The second-order valence-corrected chi connectivity index (χ2v) is 4.90. The van der Waals surface area contributed by atoms with Gasteiger partial charge in [-0.05, 0) is 27.7 Å². The highest BCUT2D eigenvalue weighted by molar-refractivity contribution is 5.24. The van der Waals surface area contributed by atoms with E-state index in [4.69, 9.17) is 0 Å². The summed E-state index contributed by atoms with van der Waals surface area (Å²) in [5.41, 5.74) is -0.400. The summed E-state index contributed by atoms with van der Waals surface area (Å²) in [5.74, 6) is -2.62. The topological polar surface area (TPSA) is 12.0 Å². The van der Waals surface area contributed by atoms with Gasteiger partial charge in [0.15, 0.2) is 0 Å². The van der Waals surface area contributed by atoms with Crippen LogP contribution in [0.5, 0.6) is 0 Å². The molecule has 0 saturated heterocycles. The molecule has 16 heavy (non-hydrogen) atoms. The van der Waals surface area contributed by atoms with Crippen LogP contribution in [-0.4, -0.2) is 5.54 Å². The number of nitrogens with one attached hydrogen (secondary N) is 1. The molecule has 1 aromatic carbocycles. The Bertz CT molecular complexity index is 359. The van der Waals surface area contributed by atoms with Gasteiger partial charge in [0.2, 0.25) is 0 Å². The summed E-state index contributed by atoms with van der Waals surface area (Å²) in [6, 6.07) is 0.874. The Kier molecular flexibility index (Phi) is 3.63. The van der Waals surface area contributed by atoms with Crippen molar-refractivity contribution in [3.05, 3.63) is 35.1 Å². The van der Waals surface area contributed by atoms with Gasteiger partial charge in [-0.1, -0.05) is 0 Å². The Morgan fingerprint density at radius 1 is 1.06 bits per heavy atom. The number of benzene rings is 1. The quantitative estimate of drug-likeness (QED) is 0.820. The largest absolute Gasteiger partial charge is 0.305 e. The van der Waals surface area contributed by atoms with Gasteiger partial charge in [0.05, 0.1) is 0 Å². The molecule has 0 aliphatic carbocycles. The summed E-state index contributed by atoms with van der Waals surface area (Å²) in [6.45, 7) is 7.32. The summed E-state index contributed by atoms with van der Waals surface area (Å²) in [7, 11) is 0. The van der Waals surface area contributed by atoms with Crippen LogP contribution in [0.2, 0.25) is 0 Å². The highest BCUT2D eigenvalue weighted by Gasteiger charge is 2.21. The molecular weight excluding hydrogens is 215 g/mol. The minimum absolute atomic E-state index is 0.128. The van der Waals surface area contributed by atoms with Gasteiger partial charge in [0.1, 0.15) is 17.5 Å². The van der Waals surface area contributed by atoms with Crippen molar-refractivity contribution in [2.45, 2.75) is 39.3 Å². The first-order valence-electron chi connectivity index (χ1n) is 5.13. The highest BCUT2D eigenvalue weighted by Crippen LogP contribution is 2.23. The average molecular weight is 231 g/mol. The maximum atomic E-state index is 13.4. The molecule has 0 bridgehead atoms. The summed E-state index contributed by atoms with van der Waals surface area (Å²) in [4.78, 5) is 0. The van der Waals surface area contributed by atoms with E-state index in [2.05, 4.69) is 5.32 Å². The molecular formula is C12H16F3N. The van der Waals surface area contributed by atoms with Gasteiger partial charge in [0.25, 0.3) is 0 Å².